The number of ether oxygens (including phenoxy) is 2. The summed E-state index contributed by atoms with van der Waals surface area (Å²) >= 11 is 0. The molecule has 1 aromatic heterocycles. The third kappa shape index (κ3) is 4.49. The summed E-state index contributed by atoms with van der Waals surface area (Å²) in [6, 6.07) is 16.6. The topological polar surface area (TPSA) is 72.8 Å². The highest BCUT2D eigenvalue weighted by Crippen LogP contribution is 2.36. The minimum atomic E-state index is -0.846. The number of hydrogen-bond acceptors (Lipinski definition) is 4. The molecule has 1 atom stereocenters. The number of carbonyl (C=O) groups excluding carboxylic acids is 2. The van der Waals surface area contributed by atoms with E-state index in [0.29, 0.717) is 17.9 Å². The van der Waals surface area contributed by atoms with Crippen molar-refractivity contribution < 1.29 is 19.1 Å². The normalized spacial score (nSPS) is 18.3. The number of hydrogen-bond donors (Lipinski definition) is 1. The van der Waals surface area contributed by atoms with Crippen LogP contribution in [-0.2, 0) is 16.1 Å². The average molecular weight is 486 g/mol. The molecule has 0 radical (unpaired) electrons. The van der Waals surface area contributed by atoms with Gasteiger partial charge >= 0.3 is 0 Å². The van der Waals surface area contributed by atoms with Gasteiger partial charge in [-0.2, -0.15) is 0 Å². The van der Waals surface area contributed by atoms with E-state index in [1.807, 2.05) is 88.5 Å². The zero-order valence-electron chi connectivity index (χ0n) is 21.1. The van der Waals surface area contributed by atoms with E-state index in [9.17, 15) is 9.59 Å². The van der Waals surface area contributed by atoms with E-state index in [2.05, 4.69) is 9.88 Å². The van der Waals surface area contributed by atoms with Crippen LogP contribution in [0.1, 0.15) is 57.0 Å². The third-order valence-electron chi connectivity index (χ3n) is 6.38. The fourth-order valence-electron chi connectivity index (χ4n) is 4.80. The summed E-state index contributed by atoms with van der Waals surface area (Å²) in [4.78, 5) is 29.5. The zero-order valence-corrected chi connectivity index (χ0v) is 21.1. The lowest BCUT2D eigenvalue weighted by atomic mass is 9.99. The third-order valence-corrected chi connectivity index (χ3v) is 6.38. The summed E-state index contributed by atoms with van der Waals surface area (Å²) in [5.74, 6) is 0.865. The van der Waals surface area contributed by atoms with Gasteiger partial charge in [0.15, 0.2) is 11.5 Å². The molecule has 2 amide bonds. The van der Waals surface area contributed by atoms with Crippen molar-refractivity contribution in [1.82, 2.24) is 14.8 Å². The van der Waals surface area contributed by atoms with Crippen molar-refractivity contribution in [2.75, 3.05) is 6.79 Å². The Morgan fingerprint density at radius 1 is 1.06 bits per heavy atom. The van der Waals surface area contributed by atoms with Gasteiger partial charge in [0.1, 0.15) is 6.04 Å². The Bertz CT molecular complexity index is 1350. The van der Waals surface area contributed by atoms with Crippen LogP contribution >= 0.6 is 0 Å². The second kappa shape index (κ2) is 9.22. The first kappa shape index (κ1) is 23.7. The number of rotatable bonds is 4. The molecule has 7 nitrogen and oxygen atoms in total. The highest BCUT2D eigenvalue weighted by atomic mass is 16.7. The number of nitrogens with one attached hydrogen (secondary N) is 1. The first-order valence-electron chi connectivity index (χ1n) is 12.2. The predicted octanol–water partition coefficient (Wildman–Crippen LogP) is 5.00. The molecule has 7 heteroatoms. The maximum atomic E-state index is 14.0. The molecule has 36 heavy (non-hydrogen) atoms. The molecule has 3 heterocycles. The summed E-state index contributed by atoms with van der Waals surface area (Å²) in [5, 5.41) is 3.11. The average Bonchev–Trinajstić information content (AvgIpc) is 3.50. The molecule has 2 aromatic carbocycles. The van der Waals surface area contributed by atoms with Crippen LogP contribution in [0.2, 0.25) is 0 Å². The predicted molar refractivity (Wildman–Crippen MR) is 138 cm³/mol. The minimum absolute atomic E-state index is 0.173. The van der Waals surface area contributed by atoms with Crippen LogP contribution in [0, 0.1) is 0 Å². The molecule has 186 valence electrons. The van der Waals surface area contributed by atoms with Crippen molar-refractivity contribution in [1.29, 1.82) is 0 Å². The minimum Gasteiger partial charge on any atom is -0.454 e. The number of aromatic nitrogens is 1. The van der Waals surface area contributed by atoms with Crippen LogP contribution in [0.15, 0.2) is 66.9 Å². The van der Waals surface area contributed by atoms with Gasteiger partial charge in [-0.25, -0.2) is 0 Å². The maximum absolute atomic E-state index is 14.0. The smallest absolute Gasteiger partial charge is 0.248 e. The Kier molecular flexibility index (Phi) is 6.08. The lowest BCUT2D eigenvalue weighted by Gasteiger charge is -2.34. The molecule has 1 N–H and O–H groups in total. The molecule has 2 aliphatic rings. The summed E-state index contributed by atoms with van der Waals surface area (Å²) in [6.45, 7) is 8.26. The molecule has 0 saturated carbocycles. The zero-order chi connectivity index (χ0) is 25.4. The fourth-order valence-corrected chi connectivity index (χ4v) is 4.80. The molecular formula is C29H31N3O4. The quantitative estimate of drug-likeness (QED) is 0.565. The van der Waals surface area contributed by atoms with Crippen molar-refractivity contribution in [2.24, 2.45) is 0 Å². The summed E-state index contributed by atoms with van der Waals surface area (Å²) in [6.07, 6.45) is 4.32. The Balaban J connectivity index is 1.69. The molecule has 0 bridgehead atoms. The van der Waals surface area contributed by atoms with Crippen molar-refractivity contribution in [3.05, 3.63) is 83.7 Å². The lowest BCUT2D eigenvalue weighted by Crippen LogP contribution is -2.49. The highest BCUT2D eigenvalue weighted by molar-refractivity contribution is 5.99. The van der Waals surface area contributed by atoms with Crippen molar-refractivity contribution in [2.45, 2.75) is 52.2 Å². The van der Waals surface area contributed by atoms with Crippen molar-refractivity contribution >= 4 is 17.4 Å². The Labute approximate surface area is 211 Å². The van der Waals surface area contributed by atoms with Crippen LogP contribution in [-0.4, -0.2) is 33.6 Å². The van der Waals surface area contributed by atoms with Crippen LogP contribution in [0.4, 0.5) is 0 Å². The number of benzene rings is 2. The second-order valence-electron chi connectivity index (χ2n) is 10.1. The Morgan fingerprint density at radius 3 is 2.61 bits per heavy atom. The van der Waals surface area contributed by atoms with E-state index in [-0.39, 0.29) is 25.2 Å². The molecule has 5 rings (SSSR count). The van der Waals surface area contributed by atoms with Gasteiger partial charge < -0.3 is 24.3 Å². The van der Waals surface area contributed by atoms with Crippen LogP contribution in [0.25, 0.3) is 11.3 Å². The summed E-state index contributed by atoms with van der Waals surface area (Å²) < 4.78 is 13.1. The van der Waals surface area contributed by atoms with Gasteiger partial charge in [-0.05, 0) is 68.7 Å². The van der Waals surface area contributed by atoms with E-state index in [1.165, 1.54) is 0 Å². The number of allylic oxidation sites excluding steroid dienone is 1. The van der Waals surface area contributed by atoms with Crippen LogP contribution in [0.3, 0.4) is 0 Å². The molecule has 0 fully saturated rings. The molecule has 0 saturated heterocycles. The lowest BCUT2D eigenvalue weighted by molar-refractivity contribution is -0.138. The van der Waals surface area contributed by atoms with E-state index in [0.717, 1.165) is 28.1 Å². The monoisotopic (exact) mass is 485 g/mol. The van der Waals surface area contributed by atoms with Crippen LogP contribution in [0.5, 0.6) is 11.5 Å². The van der Waals surface area contributed by atoms with E-state index in [4.69, 9.17) is 9.47 Å². The number of fused-ring (bicyclic) bond motifs is 4. The SMILES string of the molecule is CC/C1=C/C(=O)N(Cc2ccc3c(c2)OCO3)C(C(=O)NC(C)(C)C)c2ccccc2-n2cccc21. The van der Waals surface area contributed by atoms with E-state index >= 15 is 0 Å². The molecule has 3 aromatic rings. The van der Waals surface area contributed by atoms with E-state index < -0.39 is 11.6 Å². The first-order valence-corrected chi connectivity index (χ1v) is 12.2. The second-order valence-corrected chi connectivity index (χ2v) is 10.1. The standard InChI is InChI=1S/C29H31N3O4/c1-5-20-16-26(33)32(17-19-12-13-24-25(15-19)36-18-35-24)27(28(34)30-29(2,3)4)21-9-6-7-10-23(21)31-14-8-11-22(20)31/h6-16,27H,5,17-18H2,1-4H3,(H,30,34)/b20-16-. The number of amides is 2. The molecule has 2 aliphatic heterocycles. The molecule has 1 unspecified atom stereocenters. The molecular weight excluding hydrogens is 454 g/mol. The number of nitrogens with zero attached hydrogens (tertiary/aromatic N) is 2. The Hall–Kier alpha value is -4.00. The Morgan fingerprint density at radius 2 is 1.83 bits per heavy atom. The number of para-hydroxylation sites is 1. The molecule has 0 spiro atoms. The van der Waals surface area contributed by atoms with Crippen molar-refractivity contribution in [3.8, 4) is 17.2 Å². The highest BCUT2D eigenvalue weighted by Gasteiger charge is 2.36. The fraction of sp³-hybridized carbons (Fsp3) is 0.310. The van der Waals surface area contributed by atoms with Crippen LogP contribution < -0.4 is 14.8 Å². The first-order chi connectivity index (χ1) is 17.2. The van der Waals surface area contributed by atoms with Gasteiger partial charge in [-0.3, -0.25) is 9.59 Å². The van der Waals surface area contributed by atoms with Gasteiger partial charge in [-0.1, -0.05) is 31.2 Å². The van der Waals surface area contributed by atoms with Gasteiger partial charge in [-0.15, -0.1) is 0 Å². The van der Waals surface area contributed by atoms with Gasteiger partial charge in [0.05, 0.1) is 5.69 Å². The van der Waals surface area contributed by atoms with Crippen molar-refractivity contribution in [3.63, 3.8) is 0 Å². The van der Waals surface area contributed by atoms with Gasteiger partial charge in [0.25, 0.3) is 0 Å². The largest absolute Gasteiger partial charge is 0.454 e. The molecule has 0 aliphatic carbocycles. The summed E-state index contributed by atoms with van der Waals surface area (Å²) in [7, 11) is 0. The van der Waals surface area contributed by atoms with Gasteiger partial charge in [0, 0.05) is 35.6 Å². The number of carbonyl (C=O) groups is 2. The van der Waals surface area contributed by atoms with E-state index in [1.54, 1.807) is 11.0 Å². The van der Waals surface area contributed by atoms with Gasteiger partial charge in [0.2, 0.25) is 18.6 Å². The summed E-state index contributed by atoms with van der Waals surface area (Å²) in [5.41, 5.74) is 3.86. The maximum Gasteiger partial charge on any atom is 0.248 e.